The second kappa shape index (κ2) is 7.97. The maximum atomic E-state index is 5.32. The molecule has 1 aromatic heterocycles. The van der Waals surface area contributed by atoms with Crippen molar-refractivity contribution in [3.8, 4) is 0 Å². The first-order valence-electron chi connectivity index (χ1n) is 8.48. The summed E-state index contributed by atoms with van der Waals surface area (Å²) in [5, 5.41) is 6.73. The Hall–Kier alpha value is -2.33. The molecule has 1 aliphatic heterocycles. The molecule has 24 heavy (non-hydrogen) atoms. The standard InChI is InChI=1S/C20H25N3O/c1-17-5-7-19(8-6-17)16-22-9-11-23(12-10-22)21-15-18(2)14-20-4-3-13-24-20/h3-8,13-15H,9-12,16H2,1-2H3/b18-14+,21-15-. The van der Waals surface area contributed by atoms with E-state index in [1.54, 1.807) is 6.26 Å². The molecule has 0 bridgehead atoms. The Balaban J connectivity index is 1.46. The predicted octanol–water partition coefficient (Wildman–Crippen LogP) is 3.79. The summed E-state index contributed by atoms with van der Waals surface area (Å²) >= 11 is 0. The maximum absolute atomic E-state index is 5.32. The first kappa shape index (κ1) is 16.5. The van der Waals surface area contributed by atoms with Crippen LogP contribution in [0.15, 0.2) is 57.8 Å². The van der Waals surface area contributed by atoms with Crippen LogP contribution >= 0.6 is 0 Å². The van der Waals surface area contributed by atoms with E-state index in [1.165, 1.54) is 11.1 Å². The molecule has 0 saturated carbocycles. The van der Waals surface area contributed by atoms with Crippen LogP contribution in [0.5, 0.6) is 0 Å². The van der Waals surface area contributed by atoms with Crippen LogP contribution in [-0.2, 0) is 6.54 Å². The van der Waals surface area contributed by atoms with Crippen LogP contribution in [0.25, 0.3) is 6.08 Å². The van der Waals surface area contributed by atoms with Gasteiger partial charge in [-0.25, -0.2) is 0 Å². The van der Waals surface area contributed by atoms with Crippen molar-refractivity contribution in [2.24, 2.45) is 5.10 Å². The van der Waals surface area contributed by atoms with E-state index in [0.29, 0.717) is 0 Å². The van der Waals surface area contributed by atoms with Gasteiger partial charge < -0.3 is 4.42 Å². The molecule has 0 N–H and O–H groups in total. The molecule has 2 heterocycles. The minimum Gasteiger partial charge on any atom is -0.465 e. The number of nitrogens with zero attached hydrogens (tertiary/aromatic N) is 3. The van der Waals surface area contributed by atoms with Gasteiger partial charge in [-0.3, -0.25) is 9.91 Å². The van der Waals surface area contributed by atoms with Gasteiger partial charge in [0.15, 0.2) is 0 Å². The minimum atomic E-state index is 0.863. The van der Waals surface area contributed by atoms with E-state index >= 15 is 0 Å². The first-order valence-corrected chi connectivity index (χ1v) is 8.48. The number of hydrazone groups is 1. The highest BCUT2D eigenvalue weighted by molar-refractivity contribution is 5.83. The SMILES string of the molecule is CC(/C=N\N1CCN(Cc2ccc(C)cc2)CC1)=C\c1ccco1. The number of aryl methyl sites for hydroxylation is 1. The molecule has 4 nitrogen and oxygen atoms in total. The van der Waals surface area contributed by atoms with Crippen molar-refractivity contribution in [2.75, 3.05) is 26.2 Å². The third-order valence-electron chi connectivity index (χ3n) is 4.21. The average molecular weight is 323 g/mol. The number of benzene rings is 1. The van der Waals surface area contributed by atoms with E-state index in [1.807, 2.05) is 31.3 Å². The summed E-state index contributed by atoms with van der Waals surface area (Å²) in [6.07, 6.45) is 5.60. The Morgan fingerprint density at radius 2 is 1.88 bits per heavy atom. The number of hydrogen-bond donors (Lipinski definition) is 0. The van der Waals surface area contributed by atoms with Gasteiger partial charge in [-0.2, -0.15) is 5.10 Å². The summed E-state index contributed by atoms with van der Waals surface area (Å²) in [4.78, 5) is 2.49. The van der Waals surface area contributed by atoms with Gasteiger partial charge in [0.2, 0.25) is 0 Å². The molecule has 0 atom stereocenters. The van der Waals surface area contributed by atoms with Gasteiger partial charge in [0.1, 0.15) is 5.76 Å². The molecule has 4 heteroatoms. The zero-order valence-corrected chi connectivity index (χ0v) is 14.5. The molecule has 0 radical (unpaired) electrons. The molecule has 0 amide bonds. The summed E-state index contributed by atoms with van der Waals surface area (Å²) in [5.74, 6) is 0.863. The van der Waals surface area contributed by atoms with Gasteiger partial charge in [0.25, 0.3) is 0 Å². The van der Waals surface area contributed by atoms with Crippen LogP contribution in [-0.4, -0.2) is 42.3 Å². The van der Waals surface area contributed by atoms with Crippen molar-refractivity contribution in [3.05, 3.63) is 65.1 Å². The minimum absolute atomic E-state index is 0.863. The fraction of sp³-hybridized carbons (Fsp3) is 0.350. The molecule has 1 fully saturated rings. The van der Waals surface area contributed by atoms with Gasteiger partial charge in [0, 0.05) is 32.7 Å². The third-order valence-corrected chi connectivity index (χ3v) is 4.21. The van der Waals surface area contributed by atoms with Crippen LogP contribution in [0.3, 0.4) is 0 Å². The van der Waals surface area contributed by atoms with Crippen molar-refractivity contribution >= 4 is 12.3 Å². The van der Waals surface area contributed by atoms with Crippen molar-refractivity contribution in [1.82, 2.24) is 9.91 Å². The Morgan fingerprint density at radius 3 is 2.54 bits per heavy atom. The van der Waals surface area contributed by atoms with Crippen LogP contribution < -0.4 is 0 Å². The van der Waals surface area contributed by atoms with Crippen LogP contribution in [0.1, 0.15) is 23.8 Å². The number of furan rings is 1. The quantitative estimate of drug-likeness (QED) is 0.785. The highest BCUT2D eigenvalue weighted by atomic mass is 16.3. The fourth-order valence-corrected chi connectivity index (χ4v) is 2.77. The van der Waals surface area contributed by atoms with Crippen LogP contribution in [0.4, 0.5) is 0 Å². The zero-order chi connectivity index (χ0) is 16.8. The van der Waals surface area contributed by atoms with E-state index in [0.717, 1.165) is 44.1 Å². The lowest BCUT2D eigenvalue weighted by molar-refractivity contribution is 0.131. The summed E-state index contributed by atoms with van der Waals surface area (Å²) in [6.45, 7) is 9.23. The van der Waals surface area contributed by atoms with E-state index in [4.69, 9.17) is 4.42 Å². The van der Waals surface area contributed by atoms with Crippen LogP contribution in [0, 0.1) is 6.92 Å². The average Bonchev–Trinajstić information content (AvgIpc) is 3.09. The second-order valence-corrected chi connectivity index (χ2v) is 6.36. The molecule has 1 aromatic carbocycles. The molecule has 1 saturated heterocycles. The molecule has 1 aliphatic rings. The number of rotatable bonds is 5. The van der Waals surface area contributed by atoms with Crippen molar-refractivity contribution in [2.45, 2.75) is 20.4 Å². The molecule has 2 aromatic rings. The Bertz CT molecular complexity index is 678. The van der Waals surface area contributed by atoms with Crippen molar-refractivity contribution < 1.29 is 4.42 Å². The van der Waals surface area contributed by atoms with Gasteiger partial charge >= 0.3 is 0 Å². The smallest absolute Gasteiger partial charge is 0.126 e. The van der Waals surface area contributed by atoms with Gasteiger partial charge in [0.05, 0.1) is 12.5 Å². The van der Waals surface area contributed by atoms with E-state index in [-0.39, 0.29) is 0 Å². The largest absolute Gasteiger partial charge is 0.465 e. The summed E-state index contributed by atoms with van der Waals surface area (Å²) < 4.78 is 5.32. The predicted molar refractivity (Wildman–Crippen MR) is 98.9 cm³/mol. The first-order chi connectivity index (χ1) is 11.7. The summed E-state index contributed by atoms with van der Waals surface area (Å²) in [7, 11) is 0. The molecule has 3 rings (SSSR count). The lowest BCUT2D eigenvalue weighted by Crippen LogP contribution is -2.43. The molecular formula is C20H25N3O. The fourth-order valence-electron chi connectivity index (χ4n) is 2.77. The molecular weight excluding hydrogens is 298 g/mol. The number of piperazine rings is 1. The Labute approximate surface area is 144 Å². The Kier molecular flexibility index (Phi) is 5.49. The highest BCUT2D eigenvalue weighted by Gasteiger charge is 2.15. The number of hydrogen-bond acceptors (Lipinski definition) is 4. The van der Waals surface area contributed by atoms with Gasteiger partial charge in [-0.15, -0.1) is 0 Å². The summed E-state index contributed by atoms with van der Waals surface area (Å²) in [6, 6.07) is 12.7. The lowest BCUT2D eigenvalue weighted by atomic mass is 10.1. The van der Waals surface area contributed by atoms with E-state index < -0.39 is 0 Å². The zero-order valence-electron chi connectivity index (χ0n) is 14.5. The monoisotopic (exact) mass is 323 g/mol. The van der Waals surface area contributed by atoms with Crippen molar-refractivity contribution in [1.29, 1.82) is 0 Å². The van der Waals surface area contributed by atoms with Crippen molar-refractivity contribution in [3.63, 3.8) is 0 Å². The normalized spacial score (nSPS) is 16.9. The lowest BCUT2D eigenvalue weighted by Gasteiger charge is -2.33. The topological polar surface area (TPSA) is 32.0 Å². The Morgan fingerprint density at radius 1 is 1.12 bits per heavy atom. The molecule has 0 spiro atoms. The molecule has 126 valence electrons. The molecule has 0 aliphatic carbocycles. The highest BCUT2D eigenvalue weighted by Crippen LogP contribution is 2.10. The van der Waals surface area contributed by atoms with Crippen LogP contribution in [0.2, 0.25) is 0 Å². The van der Waals surface area contributed by atoms with E-state index in [9.17, 15) is 0 Å². The third kappa shape index (κ3) is 4.83. The second-order valence-electron chi connectivity index (χ2n) is 6.36. The summed E-state index contributed by atoms with van der Waals surface area (Å²) in [5.41, 5.74) is 3.79. The van der Waals surface area contributed by atoms with Gasteiger partial charge in [-0.1, -0.05) is 29.8 Å². The van der Waals surface area contributed by atoms with E-state index in [2.05, 4.69) is 46.2 Å². The maximum Gasteiger partial charge on any atom is 0.126 e. The molecule has 0 unspecified atom stereocenters. The van der Waals surface area contributed by atoms with Gasteiger partial charge in [-0.05, 0) is 43.2 Å². The number of allylic oxidation sites excluding steroid dienone is 1.